The zero-order valence-corrected chi connectivity index (χ0v) is 13.5. The first-order chi connectivity index (χ1) is 8.43. The Hall–Kier alpha value is -0.540. The van der Waals surface area contributed by atoms with Gasteiger partial charge in [-0.25, -0.2) is 0 Å². The summed E-state index contributed by atoms with van der Waals surface area (Å²) in [6.45, 7) is 10.9. The predicted octanol–water partition coefficient (Wildman–Crippen LogP) is 3.82. The summed E-state index contributed by atoms with van der Waals surface area (Å²) in [5.41, 5.74) is 8.61. The number of nitrogens with two attached hydrogens (primary N) is 1. The van der Waals surface area contributed by atoms with Gasteiger partial charge in [-0.2, -0.15) is 0 Å². The molecule has 0 aliphatic carbocycles. The molecule has 0 radical (unpaired) electrons. The summed E-state index contributed by atoms with van der Waals surface area (Å²) >= 11 is 3.55. The van der Waals surface area contributed by atoms with Gasteiger partial charge in [0.2, 0.25) is 0 Å². The van der Waals surface area contributed by atoms with Crippen LogP contribution in [0.4, 0.5) is 5.69 Å². The van der Waals surface area contributed by atoms with Crippen LogP contribution in [0.1, 0.15) is 33.3 Å². The minimum absolute atomic E-state index is 0.191. The van der Waals surface area contributed by atoms with Crippen LogP contribution in [0, 0.1) is 5.92 Å². The van der Waals surface area contributed by atoms with Crippen molar-refractivity contribution in [3.05, 3.63) is 28.2 Å². The molecule has 0 spiro atoms. The Kier molecular flexibility index (Phi) is 6.16. The summed E-state index contributed by atoms with van der Waals surface area (Å²) in [4.78, 5) is 2.44. The van der Waals surface area contributed by atoms with E-state index in [0.717, 1.165) is 24.0 Å². The second-order valence-electron chi connectivity index (χ2n) is 5.39. The van der Waals surface area contributed by atoms with E-state index in [2.05, 4.69) is 66.7 Å². The average Bonchev–Trinajstić information content (AvgIpc) is 2.25. The fraction of sp³-hybridized carbons (Fsp3) is 0.600. The second kappa shape index (κ2) is 7.15. The summed E-state index contributed by atoms with van der Waals surface area (Å²) in [7, 11) is 0. The number of benzene rings is 1. The van der Waals surface area contributed by atoms with Crippen LogP contribution in [-0.2, 0) is 6.42 Å². The van der Waals surface area contributed by atoms with Crippen molar-refractivity contribution in [3.8, 4) is 0 Å². The molecule has 0 aromatic heterocycles. The Morgan fingerprint density at radius 1 is 1.28 bits per heavy atom. The Bertz CT molecular complexity index is 375. The van der Waals surface area contributed by atoms with Crippen molar-refractivity contribution in [2.24, 2.45) is 11.7 Å². The summed E-state index contributed by atoms with van der Waals surface area (Å²) in [5.74, 6) is 0.664. The van der Waals surface area contributed by atoms with Gasteiger partial charge in [-0.15, -0.1) is 0 Å². The number of anilines is 1. The molecule has 0 heterocycles. The number of hydrogen-bond acceptors (Lipinski definition) is 2. The fourth-order valence-corrected chi connectivity index (χ4v) is 2.62. The molecule has 18 heavy (non-hydrogen) atoms. The monoisotopic (exact) mass is 312 g/mol. The van der Waals surface area contributed by atoms with E-state index in [1.807, 2.05) is 0 Å². The van der Waals surface area contributed by atoms with Crippen molar-refractivity contribution in [2.75, 3.05) is 18.0 Å². The molecule has 0 aliphatic rings. The minimum atomic E-state index is 0.191. The maximum absolute atomic E-state index is 5.95. The Labute approximate surface area is 120 Å². The van der Waals surface area contributed by atoms with E-state index in [-0.39, 0.29) is 6.04 Å². The molecule has 102 valence electrons. The molecule has 0 amide bonds. The van der Waals surface area contributed by atoms with Gasteiger partial charge in [0.05, 0.1) is 0 Å². The van der Waals surface area contributed by atoms with Crippen LogP contribution in [0.15, 0.2) is 22.7 Å². The van der Waals surface area contributed by atoms with Gasteiger partial charge in [-0.3, -0.25) is 0 Å². The third kappa shape index (κ3) is 4.62. The molecule has 2 nitrogen and oxygen atoms in total. The molecule has 0 aliphatic heterocycles. The predicted molar refractivity (Wildman–Crippen MR) is 84.2 cm³/mol. The van der Waals surface area contributed by atoms with Crippen molar-refractivity contribution in [2.45, 2.75) is 40.2 Å². The van der Waals surface area contributed by atoms with Gasteiger partial charge < -0.3 is 10.6 Å². The smallest absolute Gasteiger partial charge is 0.0400 e. The third-order valence-corrected chi connectivity index (χ3v) is 3.38. The summed E-state index contributed by atoms with van der Waals surface area (Å²) < 4.78 is 1.13. The second-order valence-corrected chi connectivity index (χ2v) is 6.30. The van der Waals surface area contributed by atoms with Gasteiger partial charge in [0.1, 0.15) is 0 Å². The maximum atomic E-state index is 5.95. The fourth-order valence-electron chi connectivity index (χ4n) is 2.21. The molecule has 2 N–H and O–H groups in total. The molecule has 0 saturated heterocycles. The van der Waals surface area contributed by atoms with Crippen molar-refractivity contribution in [1.82, 2.24) is 0 Å². The quantitative estimate of drug-likeness (QED) is 0.865. The highest BCUT2D eigenvalue weighted by Crippen LogP contribution is 2.26. The molecule has 1 rings (SSSR count). The van der Waals surface area contributed by atoms with E-state index >= 15 is 0 Å². The topological polar surface area (TPSA) is 29.3 Å². The lowest BCUT2D eigenvalue weighted by Gasteiger charge is -2.28. The highest BCUT2D eigenvalue weighted by molar-refractivity contribution is 9.10. The first-order valence-corrected chi connectivity index (χ1v) is 7.52. The van der Waals surface area contributed by atoms with Gasteiger partial charge >= 0.3 is 0 Å². The molecule has 1 atom stereocenters. The molecule has 1 aromatic rings. The van der Waals surface area contributed by atoms with E-state index in [1.54, 1.807) is 0 Å². The Morgan fingerprint density at radius 3 is 2.44 bits per heavy atom. The van der Waals surface area contributed by atoms with Gasteiger partial charge in [0.25, 0.3) is 0 Å². The van der Waals surface area contributed by atoms with Crippen LogP contribution in [0.2, 0.25) is 0 Å². The van der Waals surface area contributed by atoms with Gasteiger partial charge in [0.15, 0.2) is 0 Å². The first kappa shape index (κ1) is 15.5. The van der Waals surface area contributed by atoms with Crippen LogP contribution in [0.5, 0.6) is 0 Å². The molecule has 3 heteroatoms. The third-order valence-electron chi connectivity index (χ3n) is 2.89. The van der Waals surface area contributed by atoms with Crippen LogP contribution >= 0.6 is 15.9 Å². The highest BCUT2D eigenvalue weighted by atomic mass is 79.9. The van der Waals surface area contributed by atoms with Crippen LogP contribution in [0.25, 0.3) is 0 Å². The van der Waals surface area contributed by atoms with Crippen LogP contribution in [0.3, 0.4) is 0 Å². The van der Waals surface area contributed by atoms with Gasteiger partial charge in [-0.1, -0.05) is 29.8 Å². The lowest BCUT2D eigenvalue weighted by Crippen LogP contribution is -2.29. The average molecular weight is 313 g/mol. The lowest BCUT2D eigenvalue weighted by atomic mass is 10.0. The molecular formula is C15H25BrN2. The first-order valence-electron chi connectivity index (χ1n) is 6.73. The van der Waals surface area contributed by atoms with E-state index < -0.39 is 0 Å². The lowest BCUT2D eigenvalue weighted by molar-refractivity contribution is 0.615. The van der Waals surface area contributed by atoms with E-state index in [9.17, 15) is 0 Å². The molecule has 0 saturated carbocycles. The van der Waals surface area contributed by atoms with Gasteiger partial charge in [0, 0.05) is 29.3 Å². The number of hydrogen-bond donors (Lipinski definition) is 1. The van der Waals surface area contributed by atoms with E-state index in [4.69, 9.17) is 5.73 Å². The van der Waals surface area contributed by atoms with Crippen molar-refractivity contribution < 1.29 is 0 Å². The van der Waals surface area contributed by atoms with E-state index in [1.165, 1.54) is 11.3 Å². The van der Waals surface area contributed by atoms with Crippen molar-refractivity contribution >= 4 is 21.6 Å². The Balaban J connectivity index is 3.04. The highest BCUT2D eigenvalue weighted by Gasteiger charge is 2.12. The minimum Gasteiger partial charge on any atom is -0.371 e. The summed E-state index contributed by atoms with van der Waals surface area (Å²) in [6.07, 6.45) is 0.920. The van der Waals surface area contributed by atoms with Crippen LogP contribution in [-0.4, -0.2) is 19.1 Å². The molecule has 1 aromatic carbocycles. The summed E-state index contributed by atoms with van der Waals surface area (Å²) in [6, 6.07) is 6.70. The normalized spacial score (nSPS) is 12.8. The Morgan fingerprint density at radius 2 is 1.94 bits per heavy atom. The summed E-state index contributed by atoms with van der Waals surface area (Å²) in [5, 5.41) is 0. The number of nitrogens with zero attached hydrogens (tertiary/aromatic N) is 1. The standard InChI is InChI=1S/C15H25BrN2/c1-5-18(10-11(2)3)15-7-6-14(16)9-13(15)8-12(4)17/h6-7,9,11-12H,5,8,10,17H2,1-4H3. The van der Waals surface area contributed by atoms with Crippen molar-refractivity contribution in [3.63, 3.8) is 0 Å². The SMILES string of the molecule is CCN(CC(C)C)c1ccc(Br)cc1CC(C)N. The zero-order chi connectivity index (χ0) is 13.7. The van der Waals surface area contributed by atoms with Gasteiger partial charge in [-0.05, 0) is 49.9 Å². The molecule has 0 fully saturated rings. The zero-order valence-electron chi connectivity index (χ0n) is 11.9. The molecule has 0 bridgehead atoms. The molecular weight excluding hydrogens is 288 g/mol. The largest absolute Gasteiger partial charge is 0.371 e. The van der Waals surface area contributed by atoms with Crippen molar-refractivity contribution in [1.29, 1.82) is 0 Å². The molecule has 1 unspecified atom stereocenters. The van der Waals surface area contributed by atoms with E-state index in [0.29, 0.717) is 5.92 Å². The van der Waals surface area contributed by atoms with Crippen LogP contribution < -0.4 is 10.6 Å². The maximum Gasteiger partial charge on any atom is 0.0400 e. The number of halogens is 1. The number of rotatable bonds is 6.